The van der Waals surface area contributed by atoms with Crippen LogP contribution in [0.25, 0.3) is 11.1 Å². The summed E-state index contributed by atoms with van der Waals surface area (Å²) in [6, 6.07) is 16.1. The van der Waals surface area contributed by atoms with Gasteiger partial charge in [-0.1, -0.05) is 54.5 Å². The van der Waals surface area contributed by atoms with Crippen LogP contribution < -0.4 is 5.32 Å². The molecule has 33 heavy (non-hydrogen) atoms. The first-order valence-electron chi connectivity index (χ1n) is 10.6. The predicted molar refractivity (Wildman–Crippen MR) is 119 cm³/mol. The van der Waals surface area contributed by atoms with Crippen LogP contribution in [0.2, 0.25) is 0 Å². The van der Waals surface area contributed by atoms with Gasteiger partial charge in [-0.3, -0.25) is 4.79 Å². The van der Waals surface area contributed by atoms with E-state index in [1.54, 1.807) is 0 Å². The molecule has 1 fully saturated rings. The van der Waals surface area contributed by atoms with Crippen LogP contribution in [0.4, 0.5) is 4.79 Å². The number of hydrogen-bond donors (Lipinski definition) is 2. The minimum atomic E-state index is -1.39. The molecule has 1 aliphatic heterocycles. The number of hydrogen-bond acceptors (Lipinski definition) is 5. The maximum atomic E-state index is 12.2. The van der Waals surface area contributed by atoms with E-state index < -0.39 is 23.6 Å². The standard InChI is InChI=1S/C25H24N2O6/c1-32-25(23(29)30)12-14-27(16-25)22(28)11-6-13-26-24(31)33-15-21-19-9-4-2-7-17(19)18-8-3-5-10-20(18)21/h2-5,7-10,21H,12-16H2,1H3,(H,26,31)(H,29,30). The molecule has 2 aliphatic rings. The summed E-state index contributed by atoms with van der Waals surface area (Å²) in [6.07, 6.45) is -0.423. The first-order valence-corrected chi connectivity index (χ1v) is 10.6. The van der Waals surface area contributed by atoms with Crippen LogP contribution >= 0.6 is 0 Å². The molecule has 8 heteroatoms. The van der Waals surface area contributed by atoms with Crippen molar-refractivity contribution in [3.8, 4) is 23.0 Å². The lowest BCUT2D eigenvalue weighted by molar-refractivity contribution is -0.160. The average Bonchev–Trinajstić information content (AvgIpc) is 3.41. The summed E-state index contributed by atoms with van der Waals surface area (Å²) >= 11 is 0. The van der Waals surface area contributed by atoms with Crippen molar-refractivity contribution in [1.82, 2.24) is 10.2 Å². The van der Waals surface area contributed by atoms with E-state index >= 15 is 0 Å². The molecule has 0 saturated carbocycles. The van der Waals surface area contributed by atoms with Crippen molar-refractivity contribution in [3.63, 3.8) is 0 Å². The van der Waals surface area contributed by atoms with E-state index in [1.807, 2.05) is 36.4 Å². The number of carbonyl (C=O) groups excluding carboxylic acids is 2. The van der Waals surface area contributed by atoms with Gasteiger partial charge in [0.15, 0.2) is 5.60 Å². The third kappa shape index (κ3) is 4.41. The number of likely N-dealkylation sites (tertiary alicyclic amines) is 1. The number of ether oxygens (including phenoxy) is 2. The Morgan fingerprint density at radius 2 is 1.76 bits per heavy atom. The zero-order valence-electron chi connectivity index (χ0n) is 18.2. The van der Waals surface area contributed by atoms with Gasteiger partial charge >= 0.3 is 12.1 Å². The van der Waals surface area contributed by atoms with Crippen molar-refractivity contribution < 1.29 is 29.0 Å². The SMILES string of the molecule is COC1(C(=O)O)CCN(C(=O)C#CCNC(=O)OCC2c3ccccc3-c3ccccc32)C1. The third-order valence-corrected chi connectivity index (χ3v) is 6.16. The van der Waals surface area contributed by atoms with E-state index in [1.165, 1.54) is 12.0 Å². The van der Waals surface area contributed by atoms with Crippen LogP contribution in [-0.2, 0) is 19.1 Å². The van der Waals surface area contributed by atoms with E-state index in [9.17, 15) is 19.5 Å². The van der Waals surface area contributed by atoms with Gasteiger partial charge < -0.3 is 24.8 Å². The highest BCUT2D eigenvalue weighted by Crippen LogP contribution is 2.44. The van der Waals surface area contributed by atoms with Gasteiger partial charge in [0.05, 0.1) is 13.1 Å². The second kappa shape index (κ2) is 9.35. The summed E-state index contributed by atoms with van der Waals surface area (Å²) in [5.41, 5.74) is 3.14. The van der Waals surface area contributed by atoms with Crippen molar-refractivity contribution in [1.29, 1.82) is 0 Å². The first kappa shape index (κ1) is 22.4. The fourth-order valence-corrected chi connectivity index (χ4v) is 4.35. The second-order valence-electron chi connectivity index (χ2n) is 7.96. The molecule has 0 spiro atoms. The Morgan fingerprint density at radius 1 is 1.12 bits per heavy atom. The summed E-state index contributed by atoms with van der Waals surface area (Å²) in [4.78, 5) is 37.1. The lowest BCUT2D eigenvalue weighted by Crippen LogP contribution is -2.44. The first-order chi connectivity index (χ1) is 15.9. The maximum absolute atomic E-state index is 12.2. The molecule has 1 unspecified atom stereocenters. The fourth-order valence-electron chi connectivity index (χ4n) is 4.35. The van der Waals surface area contributed by atoms with Gasteiger partial charge in [-0.05, 0) is 28.2 Å². The molecular formula is C25H24N2O6. The van der Waals surface area contributed by atoms with Gasteiger partial charge in [-0.25, -0.2) is 9.59 Å². The molecule has 0 radical (unpaired) electrons. The zero-order chi connectivity index (χ0) is 23.4. The molecule has 4 rings (SSSR count). The largest absolute Gasteiger partial charge is 0.479 e. The fraction of sp³-hybridized carbons (Fsp3) is 0.320. The van der Waals surface area contributed by atoms with E-state index in [4.69, 9.17) is 9.47 Å². The Bertz CT molecular complexity index is 1110. The van der Waals surface area contributed by atoms with Crippen LogP contribution in [0.15, 0.2) is 48.5 Å². The topological polar surface area (TPSA) is 105 Å². The highest BCUT2D eigenvalue weighted by molar-refractivity contribution is 5.94. The van der Waals surface area contributed by atoms with Gasteiger partial charge in [0.25, 0.3) is 5.91 Å². The number of nitrogens with zero attached hydrogens (tertiary/aromatic N) is 1. The highest BCUT2D eigenvalue weighted by atomic mass is 16.5. The lowest BCUT2D eigenvalue weighted by atomic mass is 9.98. The van der Waals surface area contributed by atoms with E-state index in [-0.39, 0.29) is 38.6 Å². The molecule has 2 amide bonds. The summed E-state index contributed by atoms with van der Waals surface area (Å²) in [5, 5.41) is 11.8. The number of benzene rings is 2. The van der Waals surface area contributed by atoms with Gasteiger partial charge in [0.1, 0.15) is 6.61 Å². The highest BCUT2D eigenvalue weighted by Gasteiger charge is 2.46. The quantitative estimate of drug-likeness (QED) is 0.680. The summed E-state index contributed by atoms with van der Waals surface area (Å²) in [5.74, 6) is 3.35. The summed E-state index contributed by atoms with van der Waals surface area (Å²) < 4.78 is 10.5. The van der Waals surface area contributed by atoms with Crippen LogP contribution in [0, 0.1) is 11.8 Å². The van der Waals surface area contributed by atoms with Gasteiger partial charge in [0, 0.05) is 26.0 Å². The average molecular weight is 448 g/mol. The number of carboxylic acids is 1. The van der Waals surface area contributed by atoms with Gasteiger partial charge in [0.2, 0.25) is 0 Å². The van der Waals surface area contributed by atoms with Gasteiger partial charge in [-0.15, -0.1) is 0 Å². The Morgan fingerprint density at radius 3 is 2.33 bits per heavy atom. The number of fused-ring (bicyclic) bond motifs is 3. The predicted octanol–water partition coefficient (Wildman–Crippen LogP) is 2.23. The number of methoxy groups -OCH3 is 1. The zero-order valence-corrected chi connectivity index (χ0v) is 18.2. The van der Waals surface area contributed by atoms with E-state index in [2.05, 4.69) is 29.3 Å². The summed E-state index contributed by atoms with van der Waals surface area (Å²) in [6.45, 7) is 0.304. The van der Waals surface area contributed by atoms with Crippen molar-refractivity contribution in [2.75, 3.05) is 33.4 Å². The molecule has 0 aromatic heterocycles. The molecule has 0 bridgehead atoms. The maximum Gasteiger partial charge on any atom is 0.407 e. The molecule has 2 aromatic carbocycles. The minimum Gasteiger partial charge on any atom is -0.479 e. The third-order valence-electron chi connectivity index (χ3n) is 6.16. The van der Waals surface area contributed by atoms with E-state index in [0.29, 0.717) is 0 Å². The number of carboxylic acid groups (broad SMARTS) is 1. The number of aliphatic carboxylic acids is 1. The number of nitrogens with one attached hydrogen (secondary N) is 1. The Kier molecular flexibility index (Phi) is 6.33. The molecule has 2 aromatic rings. The van der Waals surface area contributed by atoms with Crippen molar-refractivity contribution in [2.45, 2.75) is 17.9 Å². The number of alkyl carbamates (subject to hydrolysis) is 1. The molecule has 1 atom stereocenters. The summed E-state index contributed by atoms with van der Waals surface area (Å²) in [7, 11) is 1.31. The molecule has 170 valence electrons. The number of rotatable bonds is 5. The normalized spacial score (nSPS) is 18.6. The number of amides is 2. The number of carbonyl (C=O) groups is 3. The van der Waals surface area contributed by atoms with Crippen LogP contribution in [0.1, 0.15) is 23.5 Å². The molecule has 8 nitrogen and oxygen atoms in total. The van der Waals surface area contributed by atoms with Crippen LogP contribution in [0.5, 0.6) is 0 Å². The Hall–Kier alpha value is -3.83. The lowest BCUT2D eigenvalue weighted by Gasteiger charge is -2.22. The molecular weight excluding hydrogens is 424 g/mol. The van der Waals surface area contributed by atoms with Crippen LogP contribution in [-0.4, -0.2) is 66.9 Å². The van der Waals surface area contributed by atoms with Crippen molar-refractivity contribution >= 4 is 18.0 Å². The molecule has 1 heterocycles. The molecule has 1 aliphatic carbocycles. The van der Waals surface area contributed by atoms with Gasteiger partial charge in [-0.2, -0.15) is 0 Å². The monoisotopic (exact) mass is 448 g/mol. The Balaban J connectivity index is 1.27. The van der Waals surface area contributed by atoms with Crippen molar-refractivity contribution in [3.05, 3.63) is 59.7 Å². The second-order valence-corrected chi connectivity index (χ2v) is 7.96. The molecule has 1 saturated heterocycles. The van der Waals surface area contributed by atoms with E-state index in [0.717, 1.165) is 22.3 Å². The smallest absolute Gasteiger partial charge is 0.407 e. The van der Waals surface area contributed by atoms with Crippen LogP contribution in [0.3, 0.4) is 0 Å². The minimum absolute atomic E-state index is 0.0405. The van der Waals surface area contributed by atoms with Crippen molar-refractivity contribution in [2.24, 2.45) is 0 Å². The Labute approximate surface area is 191 Å². The molecule has 2 N–H and O–H groups in total.